The molecule has 4 rings (SSSR count). The Kier molecular flexibility index (Phi) is 3.26. The fourth-order valence-electron chi connectivity index (χ4n) is 3.07. The van der Waals surface area contributed by atoms with E-state index in [9.17, 15) is 22.7 Å². The van der Waals surface area contributed by atoms with Crippen LogP contribution in [-0.2, 0) is 15.6 Å². The summed E-state index contributed by atoms with van der Waals surface area (Å²) in [4.78, 5) is 11.1. The van der Waals surface area contributed by atoms with Crippen molar-refractivity contribution in [3.63, 3.8) is 0 Å². The van der Waals surface area contributed by atoms with Gasteiger partial charge in [0.15, 0.2) is 15.5 Å². The predicted octanol–water partition coefficient (Wildman–Crippen LogP) is 2.66. The SMILES string of the molecule is O=C(O)c1nn(-c2ccccc2)c2c1CS(=O)(=O)c1c(F)cccc1-2. The number of aromatic carboxylic acids is 1. The number of carboxylic acids is 1. The van der Waals surface area contributed by atoms with E-state index < -0.39 is 32.3 Å². The van der Waals surface area contributed by atoms with Gasteiger partial charge in [0.05, 0.1) is 17.1 Å². The molecule has 0 bridgehead atoms. The number of para-hydroxylation sites is 1. The number of carbonyl (C=O) groups is 1. The van der Waals surface area contributed by atoms with E-state index in [4.69, 9.17) is 0 Å². The highest BCUT2D eigenvalue weighted by atomic mass is 32.2. The second-order valence-electron chi connectivity index (χ2n) is 5.60. The van der Waals surface area contributed by atoms with Gasteiger partial charge in [-0.05, 0) is 18.2 Å². The topological polar surface area (TPSA) is 89.3 Å². The Labute approximate surface area is 142 Å². The lowest BCUT2D eigenvalue weighted by Crippen LogP contribution is -2.17. The minimum Gasteiger partial charge on any atom is -0.476 e. The standard InChI is InChI=1S/C17H11FN2O4S/c18-13-8-4-7-11-15-12(9-25(23,24)16(11)13)14(17(21)22)19-20(15)10-5-2-1-3-6-10/h1-8H,9H2,(H,21,22). The monoisotopic (exact) mass is 358 g/mol. The first-order chi connectivity index (χ1) is 11.9. The minimum absolute atomic E-state index is 0.0643. The van der Waals surface area contributed by atoms with Gasteiger partial charge < -0.3 is 5.11 Å². The van der Waals surface area contributed by atoms with E-state index in [0.29, 0.717) is 5.69 Å². The summed E-state index contributed by atoms with van der Waals surface area (Å²) in [5.41, 5.74) is 0.672. The average Bonchev–Trinajstić information content (AvgIpc) is 2.94. The molecule has 6 nitrogen and oxygen atoms in total. The van der Waals surface area contributed by atoms with Crippen LogP contribution in [0.1, 0.15) is 16.1 Å². The fraction of sp³-hybridized carbons (Fsp3) is 0.0588. The molecule has 0 fully saturated rings. The third kappa shape index (κ3) is 2.25. The van der Waals surface area contributed by atoms with E-state index in [2.05, 4.69) is 5.10 Å². The summed E-state index contributed by atoms with van der Waals surface area (Å²) in [5.74, 6) is -2.80. The molecule has 1 aliphatic heterocycles. The highest BCUT2D eigenvalue weighted by Crippen LogP contribution is 2.41. The molecule has 8 heteroatoms. The van der Waals surface area contributed by atoms with E-state index in [1.807, 2.05) is 0 Å². The molecule has 0 saturated heterocycles. The van der Waals surface area contributed by atoms with E-state index in [1.54, 1.807) is 30.3 Å². The molecule has 25 heavy (non-hydrogen) atoms. The normalized spacial score (nSPS) is 14.6. The summed E-state index contributed by atoms with van der Waals surface area (Å²) in [6.07, 6.45) is 0. The number of halogens is 1. The van der Waals surface area contributed by atoms with Gasteiger partial charge in [0.2, 0.25) is 0 Å². The Hall–Kier alpha value is -3.00. The average molecular weight is 358 g/mol. The molecule has 3 aromatic rings. The summed E-state index contributed by atoms with van der Waals surface area (Å²) >= 11 is 0. The lowest BCUT2D eigenvalue weighted by atomic mass is 10.1. The van der Waals surface area contributed by atoms with Crippen molar-refractivity contribution in [2.75, 3.05) is 0 Å². The molecule has 0 saturated carbocycles. The molecular weight excluding hydrogens is 347 g/mol. The zero-order valence-electron chi connectivity index (χ0n) is 12.7. The number of nitrogens with zero attached hydrogens (tertiary/aromatic N) is 2. The second kappa shape index (κ2) is 5.25. The zero-order chi connectivity index (χ0) is 17.8. The van der Waals surface area contributed by atoms with Gasteiger partial charge in [0, 0.05) is 11.1 Å². The molecule has 1 aliphatic rings. The molecule has 0 atom stereocenters. The van der Waals surface area contributed by atoms with Crippen molar-refractivity contribution in [3.05, 3.63) is 65.6 Å². The summed E-state index contributed by atoms with van der Waals surface area (Å²) in [6, 6.07) is 12.6. The van der Waals surface area contributed by atoms with Crippen molar-refractivity contribution in [3.8, 4) is 16.9 Å². The highest BCUT2D eigenvalue weighted by molar-refractivity contribution is 7.91. The van der Waals surface area contributed by atoms with E-state index in [-0.39, 0.29) is 22.5 Å². The molecule has 0 aliphatic carbocycles. The largest absolute Gasteiger partial charge is 0.476 e. The lowest BCUT2D eigenvalue weighted by Gasteiger charge is -2.19. The summed E-state index contributed by atoms with van der Waals surface area (Å²) in [6.45, 7) is 0. The van der Waals surface area contributed by atoms with Crippen LogP contribution in [0.2, 0.25) is 0 Å². The first-order valence-electron chi connectivity index (χ1n) is 7.32. The van der Waals surface area contributed by atoms with Gasteiger partial charge in [-0.25, -0.2) is 22.3 Å². The fourth-order valence-corrected chi connectivity index (χ4v) is 4.73. The second-order valence-corrected chi connectivity index (χ2v) is 7.53. The van der Waals surface area contributed by atoms with E-state index in [1.165, 1.54) is 16.8 Å². The first-order valence-corrected chi connectivity index (χ1v) is 8.97. The molecule has 1 N–H and O–H groups in total. The van der Waals surface area contributed by atoms with Crippen LogP contribution in [0, 0.1) is 5.82 Å². The minimum atomic E-state index is -4.00. The first kappa shape index (κ1) is 15.5. The third-order valence-electron chi connectivity index (χ3n) is 4.05. The maximum atomic E-state index is 14.2. The Balaban J connectivity index is 2.14. The van der Waals surface area contributed by atoms with Crippen LogP contribution >= 0.6 is 0 Å². The lowest BCUT2D eigenvalue weighted by molar-refractivity contribution is 0.0689. The van der Waals surface area contributed by atoms with Gasteiger partial charge in [-0.2, -0.15) is 5.10 Å². The van der Waals surface area contributed by atoms with E-state index in [0.717, 1.165) is 6.07 Å². The van der Waals surface area contributed by atoms with Crippen molar-refractivity contribution in [2.24, 2.45) is 0 Å². The molecule has 2 aromatic carbocycles. The van der Waals surface area contributed by atoms with Crippen molar-refractivity contribution < 1.29 is 22.7 Å². The van der Waals surface area contributed by atoms with Crippen LogP contribution in [0.4, 0.5) is 4.39 Å². The van der Waals surface area contributed by atoms with Gasteiger partial charge in [0.1, 0.15) is 10.7 Å². The van der Waals surface area contributed by atoms with E-state index >= 15 is 0 Å². The number of fused-ring (bicyclic) bond motifs is 3. The van der Waals surface area contributed by atoms with Gasteiger partial charge in [-0.15, -0.1) is 0 Å². The number of aromatic nitrogens is 2. The Morgan fingerprint density at radius 3 is 2.52 bits per heavy atom. The Morgan fingerprint density at radius 1 is 1.12 bits per heavy atom. The molecule has 0 spiro atoms. The zero-order valence-corrected chi connectivity index (χ0v) is 13.5. The Morgan fingerprint density at radius 2 is 1.84 bits per heavy atom. The summed E-state index contributed by atoms with van der Waals surface area (Å²) in [5, 5.41) is 13.5. The van der Waals surface area contributed by atoms with Gasteiger partial charge in [-0.3, -0.25) is 0 Å². The number of carboxylic acid groups (broad SMARTS) is 1. The number of hydrogen-bond acceptors (Lipinski definition) is 4. The van der Waals surface area contributed by atoms with Gasteiger partial charge in [-0.1, -0.05) is 30.3 Å². The molecule has 0 unspecified atom stereocenters. The van der Waals surface area contributed by atoms with Crippen molar-refractivity contribution in [1.29, 1.82) is 0 Å². The van der Waals surface area contributed by atoms with Gasteiger partial charge >= 0.3 is 5.97 Å². The number of hydrogen-bond donors (Lipinski definition) is 1. The molecule has 0 radical (unpaired) electrons. The molecule has 2 heterocycles. The molecule has 0 amide bonds. The van der Waals surface area contributed by atoms with Crippen LogP contribution in [0.15, 0.2) is 53.4 Å². The van der Waals surface area contributed by atoms with Crippen LogP contribution < -0.4 is 0 Å². The summed E-state index contributed by atoms with van der Waals surface area (Å²) in [7, 11) is -4.00. The maximum absolute atomic E-state index is 14.2. The van der Waals surface area contributed by atoms with Crippen LogP contribution in [0.3, 0.4) is 0 Å². The maximum Gasteiger partial charge on any atom is 0.356 e. The van der Waals surface area contributed by atoms with Crippen LogP contribution in [-0.4, -0.2) is 29.3 Å². The molecular formula is C17H11FN2O4S. The van der Waals surface area contributed by atoms with Gasteiger partial charge in [0.25, 0.3) is 0 Å². The third-order valence-corrected chi connectivity index (χ3v) is 5.76. The number of benzene rings is 2. The van der Waals surface area contributed by atoms with Crippen LogP contribution in [0.5, 0.6) is 0 Å². The van der Waals surface area contributed by atoms with Crippen molar-refractivity contribution >= 4 is 15.8 Å². The van der Waals surface area contributed by atoms with Crippen molar-refractivity contribution in [2.45, 2.75) is 10.6 Å². The molecule has 126 valence electrons. The highest BCUT2D eigenvalue weighted by Gasteiger charge is 2.37. The molecule has 1 aromatic heterocycles. The van der Waals surface area contributed by atoms with Crippen LogP contribution in [0.25, 0.3) is 16.9 Å². The van der Waals surface area contributed by atoms with Crippen molar-refractivity contribution in [1.82, 2.24) is 9.78 Å². The number of sulfone groups is 1. The Bertz CT molecular complexity index is 1120. The quantitative estimate of drug-likeness (QED) is 0.761. The number of rotatable bonds is 2. The summed E-state index contributed by atoms with van der Waals surface area (Å²) < 4.78 is 40.6. The smallest absolute Gasteiger partial charge is 0.356 e. The predicted molar refractivity (Wildman–Crippen MR) is 86.8 cm³/mol.